The van der Waals surface area contributed by atoms with Crippen LogP contribution in [0.4, 0.5) is 5.69 Å². The molecular weight excluding hydrogens is 226 g/mol. The Hall–Kier alpha value is -1.97. The lowest BCUT2D eigenvalue weighted by atomic mass is 10.1. The summed E-state index contributed by atoms with van der Waals surface area (Å²) in [7, 11) is 1.67. The van der Waals surface area contributed by atoms with E-state index in [1.807, 2.05) is 29.1 Å². The lowest BCUT2D eigenvalue weighted by Crippen LogP contribution is -1.99. The second-order valence-electron chi connectivity index (χ2n) is 4.85. The third-order valence-corrected chi connectivity index (χ3v) is 3.31. The fraction of sp³-hybridized carbons (Fsp3) is 0.357. The molecule has 18 heavy (non-hydrogen) atoms. The molecule has 2 aromatic rings. The first-order valence-corrected chi connectivity index (χ1v) is 6.22. The molecule has 1 aromatic heterocycles. The van der Waals surface area contributed by atoms with E-state index in [9.17, 15) is 0 Å². The van der Waals surface area contributed by atoms with Crippen LogP contribution in [0, 0.1) is 5.92 Å². The van der Waals surface area contributed by atoms with Crippen molar-refractivity contribution in [1.82, 2.24) is 9.78 Å². The number of nitrogen functional groups attached to an aromatic ring is 1. The molecular formula is C14H17N3O. The third-order valence-electron chi connectivity index (χ3n) is 3.31. The van der Waals surface area contributed by atoms with E-state index in [0.717, 1.165) is 35.0 Å². The van der Waals surface area contributed by atoms with E-state index in [1.165, 1.54) is 12.8 Å². The molecule has 0 radical (unpaired) electrons. The number of ether oxygens (including phenoxy) is 1. The van der Waals surface area contributed by atoms with Gasteiger partial charge in [-0.05, 0) is 37.0 Å². The average molecular weight is 243 g/mol. The van der Waals surface area contributed by atoms with Gasteiger partial charge in [-0.3, -0.25) is 4.68 Å². The number of anilines is 1. The summed E-state index contributed by atoms with van der Waals surface area (Å²) < 4.78 is 7.37. The molecule has 1 aromatic carbocycles. The highest BCUT2D eigenvalue weighted by molar-refractivity contribution is 5.72. The number of benzene rings is 1. The first kappa shape index (κ1) is 11.1. The van der Waals surface area contributed by atoms with Crippen LogP contribution >= 0.6 is 0 Å². The van der Waals surface area contributed by atoms with Gasteiger partial charge in [-0.2, -0.15) is 5.10 Å². The maximum atomic E-state index is 5.83. The Bertz CT molecular complexity index is 558. The Kier molecular flexibility index (Phi) is 2.70. The average Bonchev–Trinajstić information content (AvgIpc) is 3.05. The van der Waals surface area contributed by atoms with Crippen LogP contribution in [0.2, 0.25) is 0 Å². The minimum Gasteiger partial charge on any atom is -0.496 e. The van der Waals surface area contributed by atoms with Gasteiger partial charge in [0.1, 0.15) is 5.75 Å². The maximum absolute atomic E-state index is 5.83. The van der Waals surface area contributed by atoms with Crippen molar-refractivity contribution in [3.63, 3.8) is 0 Å². The lowest BCUT2D eigenvalue weighted by molar-refractivity contribution is 0.416. The van der Waals surface area contributed by atoms with Crippen molar-refractivity contribution >= 4 is 5.69 Å². The van der Waals surface area contributed by atoms with Crippen molar-refractivity contribution in [2.75, 3.05) is 12.8 Å². The van der Waals surface area contributed by atoms with E-state index in [-0.39, 0.29) is 0 Å². The predicted molar refractivity (Wildman–Crippen MR) is 71.4 cm³/mol. The molecule has 1 saturated carbocycles. The number of methoxy groups -OCH3 is 1. The van der Waals surface area contributed by atoms with E-state index in [0.29, 0.717) is 0 Å². The first-order chi connectivity index (χ1) is 8.76. The maximum Gasteiger partial charge on any atom is 0.126 e. The number of aromatic nitrogens is 2. The number of hydrogen-bond acceptors (Lipinski definition) is 3. The van der Waals surface area contributed by atoms with E-state index < -0.39 is 0 Å². The standard InChI is InChI=1S/C14H17N3O/c1-18-14-5-4-12(15)6-13(14)11-7-16-17(9-11)8-10-2-3-10/h4-7,9-10H,2-3,8,15H2,1H3. The molecule has 3 rings (SSSR count). The second-order valence-corrected chi connectivity index (χ2v) is 4.85. The van der Waals surface area contributed by atoms with E-state index in [1.54, 1.807) is 7.11 Å². The second kappa shape index (κ2) is 4.37. The van der Waals surface area contributed by atoms with Gasteiger partial charge in [-0.25, -0.2) is 0 Å². The van der Waals surface area contributed by atoms with Crippen molar-refractivity contribution in [2.45, 2.75) is 19.4 Å². The molecule has 1 aliphatic carbocycles. The van der Waals surface area contributed by atoms with Gasteiger partial charge in [-0.1, -0.05) is 0 Å². The highest BCUT2D eigenvalue weighted by Crippen LogP contribution is 2.33. The van der Waals surface area contributed by atoms with Crippen molar-refractivity contribution < 1.29 is 4.74 Å². The summed E-state index contributed by atoms with van der Waals surface area (Å²) in [6.07, 6.45) is 6.60. The third kappa shape index (κ3) is 2.18. The molecule has 0 bridgehead atoms. The quantitative estimate of drug-likeness (QED) is 0.840. The minimum absolute atomic E-state index is 0.737. The topological polar surface area (TPSA) is 53.1 Å². The Balaban J connectivity index is 1.92. The van der Waals surface area contributed by atoms with Crippen LogP contribution in [-0.2, 0) is 6.54 Å². The molecule has 0 spiro atoms. The van der Waals surface area contributed by atoms with Crippen molar-refractivity contribution in [3.05, 3.63) is 30.6 Å². The lowest BCUT2D eigenvalue weighted by Gasteiger charge is -2.07. The van der Waals surface area contributed by atoms with Crippen LogP contribution < -0.4 is 10.5 Å². The summed E-state index contributed by atoms with van der Waals surface area (Å²) in [5, 5.41) is 4.40. The van der Waals surface area contributed by atoms with Crippen LogP contribution in [0.1, 0.15) is 12.8 Å². The van der Waals surface area contributed by atoms with Crippen LogP contribution in [0.25, 0.3) is 11.1 Å². The molecule has 0 saturated heterocycles. The predicted octanol–water partition coefficient (Wildman–Crippen LogP) is 2.55. The van der Waals surface area contributed by atoms with Gasteiger partial charge in [0.2, 0.25) is 0 Å². The van der Waals surface area contributed by atoms with Crippen molar-refractivity contribution in [3.8, 4) is 16.9 Å². The van der Waals surface area contributed by atoms with Crippen molar-refractivity contribution in [1.29, 1.82) is 0 Å². The highest BCUT2D eigenvalue weighted by atomic mass is 16.5. The number of rotatable bonds is 4. The molecule has 1 heterocycles. The molecule has 4 heteroatoms. The summed E-state index contributed by atoms with van der Waals surface area (Å²) >= 11 is 0. The fourth-order valence-electron chi connectivity index (χ4n) is 2.12. The van der Waals surface area contributed by atoms with Gasteiger partial charge < -0.3 is 10.5 Å². The molecule has 1 fully saturated rings. The SMILES string of the molecule is COc1ccc(N)cc1-c1cnn(CC2CC2)c1. The van der Waals surface area contributed by atoms with Crippen LogP contribution in [0.15, 0.2) is 30.6 Å². The largest absolute Gasteiger partial charge is 0.496 e. The zero-order chi connectivity index (χ0) is 12.5. The molecule has 2 N–H and O–H groups in total. The Morgan fingerprint density at radius 1 is 1.44 bits per heavy atom. The normalized spacial score (nSPS) is 14.7. The molecule has 4 nitrogen and oxygen atoms in total. The zero-order valence-electron chi connectivity index (χ0n) is 10.5. The number of nitrogens with two attached hydrogens (primary N) is 1. The van der Waals surface area contributed by atoms with Gasteiger partial charge in [-0.15, -0.1) is 0 Å². The first-order valence-electron chi connectivity index (χ1n) is 6.22. The Morgan fingerprint density at radius 3 is 3.00 bits per heavy atom. The molecule has 0 atom stereocenters. The molecule has 0 unspecified atom stereocenters. The Labute approximate surface area is 106 Å². The van der Waals surface area contributed by atoms with E-state index in [2.05, 4.69) is 11.3 Å². The van der Waals surface area contributed by atoms with Crippen LogP contribution in [0.5, 0.6) is 5.75 Å². The molecule has 0 amide bonds. The van der Waals surface area contributed by atoms with Gasteiger partial charge in [0.15, 0.2) is 0 Å². The summed E-state index contributed by atoms with van der Waals surface area (Å²) in [4.78, 5) is 0. The summed E-state index contributed by atoms with van der Waals surface area (Å²) in [5.41, 5.74) is 8.63. The minimum atomic E-state index is 0.737. The van der Waals surface area contributed by atoms with Gasteiger partial charge >= 0.3 is 0 Å². The van der Waals surface area contributed by atoms with Gasteiger partial charge in [0, 0.05) is 29.6 Å². The van der Waals surface area contributed by atoms with E-state index >= 15 is 0 Å². The van der Waals surface area contributed by atoms with Crippen LogP contribution in [-0.4, -0.2) is 16.9 Å². The highest BCUT2D eigenvalue weighted by Gasteiger charge is 2.22. The van der Waals surface area contributed by atoms with Gasteiger partial charge in [0.25, 0.3) is 0 Å². The molecule has 94 valence electrons. The Morgan fingerprint density at radius 2 is 2.28 bits per heavy atom. The van der Waals surface area contributed by atoms with E-state index in [4.69, 9.17) is 10.5 Å². The summed E-state index contributed by atoms with van der Waals surface area (Å²) in [6, 6.07) is 5.66. The summed E-state index contributed by atoms with van der Waals surface area (Å²) in [5.74, 6) is 1.65. The zero-order valence-corrected chi connectivity index (χ0v) is 10.5. The van der Waals surface area contributed by atoms with Crippen LogP contribution in [0.3, 0.4) is 0 Å². The molecule has 0 aliphatic heterocycles. The monoisotopic (exact) mass is 243 g/mol. The number of hydrogen-bond donors (Lipinski definition) is 1. The smallest absolute Gasteiger partial charge is 0.126 e. The fourth-order valence-corrected chi connectivity index (χ4v) is 2.12. The summed E-state index contributed by atoms with van der Waals surface area (Å²) in [6.45, 7) is 1.02. The molecule has 1 aliphatic rings. The van der Waals surface area contributed by atoms with Gasteiger partial charge in [0.05, 0.1) is 13.3 Å². The van der Waals surface area contributed by atoms with Crippen molar-refractivity contribution in [2.24, 2.45) is 5.92 Å². The number of nitrogens with zero attached hydrogens (tertiary/aromatic N) is 2.